The summed E-state index contributed by atoms with van der Waals surface area (Å²) >= 11 is 0. The summed E-state index contributed by atoms with van der Waals surface area (Å²) < 4.78 is 5.76. The summed E-state index contributed by atoms with van der Waals surface area (Å²) in [6, 6.07) is 5.03. The smallest absolute Gasteiger partial charge is 0.227 e. The van der Waals surface area contributed by atoms with Gasteiger partial charge in [-0.2, -0.15) is 0 Å². The molecule has 2 fully saturated rings. The highest BCUT2D eigenvalue weighted by Crippen LogP contribution is 2.31. The molecule has 0 bridgehead atoms. The molecule has 4 heteroatoms. The van der Waals surface area contributed by atoms with Gasteiger partial charge in [0.05, 0.1) is 12.7 Å². The van der Waals surface area contributed by atoms with Crippen molar-refractivity contribution in [2.45, 2.75) is 51.0 Å². The number of fused-ring (bicyclic) bond motifs is 2. The topological polar surface area (TPSA) is 36.7 Å². The van der Waals surface area contributed by atoms with Crippen molar-refractivity contribution >= 4 is 16.9 Å². The Kier molecular flexibility index (Phi) is 3.81. The first-order valence-corrected chi connectivity index (χ1v) is 9.81. The molecule has 1 amide bonds. The van der Waals surface area contributed by atoms with Gasteiger partial charge in [-0.1, -0.05) is 0 Å². The van der Waals surface area contributed by atoms with Crippen LogP contribution in [0.1, 0.15) is 42.4 Å². The average Bonchev–Trinajstić information content (AvgIpc) is 3.39. The van der Waals surface area contributed by atoms with Crippen LogP contribution in [0.2, 0.25) is 0 Å². The van der Waals surface area contributed by atoms with E-state index in [9.17, 15) is 4.79 Å². The number of rotatable bonds is 3. The summed E-state index contributed by atoms with van der Waals surface area (Å²) in [6.45, 7) is 4.24. The molecule has 0 spiro atoms. The van der Waals surface area contributed by atoms with Crippen molar-refractivity contribution < 1.29 is 9.21 Å². The highest BCUT2D eigenvalue weighted by molar-refractivity contribution is 5.88. The van der Waals surface area contributed by atoms with Crippen LogP contribution in [0.25, 0.3) is 11.0 Å². The largest absolute Gasteiger partial charge is 0.464 e. The Morgan fingerprint density at radius 3 is 2.72 bits per heavy atom. The van der Waals surface area contributed by atoms with E-state index in [-0.39, 0.29) is 5.91 Å². The second kappa shape index (κ2) is 6.17. The van der Waals surface area contributed by atoms with Gasteiger partial charge >= 0.3 is 0 Å². The van der Waals surface area contributed by atoms with E-state index in [1.807, 2.05) is 0 Å². The van der Waals surface area contributed by atoms with Gasteiger partial charge in [-0.05, 0) is 74.9 Å². The number of hydrogen-bond acceptors (Lipinski definition) is 3. The first-order chi connectivity index (χ1) is 12.3. The predicted octanol–water partition coefficient (Wildman–Crippen LogP) is 3.16. The van der Waals surface area contributed by atoms with Crippen LogP contribution in [0.4, 0.5) is 0 Å². The molecule has 2 aliphatic heterocycles. The van der Waals surface area contributed by atoms with Crippen LogP contribution >= 0.6 is 0 Å². The van der Waals surface area contributed by atoms with Crippen molar-refractivity contribution in [3.8, 4) is 0 Å². The fourth-order valence-corrected chi connectivity index (χ4v) is 4.93. The molecule has 0 N–H and O–H groups in total. The molecule has 1 atom stereocenters. The van der Waals surface area contributed by atoms with Crippen molar-refractivity contribution in [1.82, 2.24) is 9.80 Å². The molecule has 5 rings (SSSR count). The van der Waals surface area contributed by atoms with E-state index in [1.165, 1.54) is 43.5 Å². The SMILES string of the molecule is O=C(Cc1coc2cc3c(cc12)CCC3)N1CCC(N2CCCC2)C1. The molecule has 1 aromatic heterocycles. The lowest BCUT2D eigenvalue weighted by Crippen LogP contribution is -2.37. The Labute approximate surface area is 148 Å². The maximum atomic E-state index is 12.8. The molecule has 2 aromatic rings. The molecular formula is C21H26N2O2. The first-order valence-electron chi connectivity index (χ1n) is 9.81. The number of nitrogens with zero attached hydrogens (tertiary/aromatic N) is 2. The average molecular weight is 338 g/mol. The summed E-state index contributed by atoms with van der Waals surface area (Å²) in [4.78, 5) is 17.5. The van der Waals surface area contributed by atoms with E-state index in [2.05, 4.69) is 21.9 Å². The van der Waals surface area contributed by atoms with Gasteiger partial charge in [-0.3, -0.25) is 9.69 Å². The van der Waals surface area contributed by atoms with Crippen LogP contribution in [-0.4, -0.2) is 47.9 Å². The fourth-order valence-electron chi connectivity index (χ4n) is 4.93. The van der Waals surface area contributed by atoms with Crippen molar-refractivity contribution in [3.63, 3.8) is 0 Å². The summed E-state index contributed by atoms with van der Waals surface area (Å²) in [7, 11) is 0. The Hall–Kier alpha value is -1.81. The van der Waals surface area contributed by atoms with Crippen molar-refractivity contribution in [1.29, 1.82) is 0 Å². The molecule has 0 saturated carbocycles. The van der Waals surface area contributed by atoms with Crippen LogP contribution in [-0.2, 0) is 24.1 Å². The Morgan fingerprint density at radius 2 is 1.88 bits per heavy atom. The quantitative estimate of drug-likeness (QED) is 0.863. The number of amides is 1. The highest BCUT2D eigenvalue weighted by atomic mass is 16.3. The van der Waals surface area contributed by atoms with Gasteiger partial charge in [0.15, 0.2) is 0 Å². The van der Waals surface area contributed by atoms with E-state index in [1.54, 1.807) is 6.26 Å². The molecule has 132 valence electrons. The standard InChI is InChI=1S/C21H26N2O2/c24-21(23-9-6-18(13-23)22-7-1-2-8-22)12-17-14-25-20-11-16-5-3-4-15(16)10-19(17)20/h10-11,14,18H,1-9,12-13H2. The Bertz CT molecular complexity index is 804. The van der Waals surface area contributed by atoms with Gasteiger partial charge in [-0.25, -0.2) is 0 Å². The summed E-state index contributed by atoms with van der Waals surface area (Å²) in [5.41, 5.74) is 4.87. The number of carbonyl (C=O) groups is 1. The molecule has 0 radical (unpaired) electrons. The van der Waals surface area contributed by atoms with E-state index in [0.29, 0.717) is 12.5 Å². The zero-order valence-corrected chi connectivity index (χ0v) is 14.8. The lowest BCUT2D eigenvalue weighted by molar-refractivity contribution is -0.129. The van der Waals surface area contributed by atoms with Crippen LogP contribution in [0, 0.1) is 0 Å². The number of furan rings is 1. The third-order valence-electron chi connectivity index (χ3n) is 6.38. The van der Waals surface area contributed by atoms with Gasteiger partial charge < -0.3 is 9.32 Å². The third kappa shape index (κ3) is 2.77. The Morgan fingerprint density at radius 1 is 1.08 bits per heavy atom. The minimum atomic E-state index is 0.255. The van der Waals surface area contributed by atoms with Gasteiger partial charge in [-0.15, -0.1) is 0 Å². The van der Waals surface area contributed by atoms with Crippen molar-refractivity contribution in [3.05, 3.63) is 35.1 Å². The lowest BCUT2D eigenvalue weighted by atomic mass is 10.0. The predicted molar refractivity (Wildman–Crippen MR) is 97.7 cm³/mol. The lowest BCUT2D eigenvalue weighted by Gasteiger charge is -2.23. The second-order valence-corrected chi connectivity index (χ2v) is 7.93. The van der Waals surface area contributed by atoms with E-state index in [4.69, 9.17) is 4.42 Å². The summed E-state index contributed by atoms with van der Waals surface area (Å²) in [5.74, 6) is 0.255. The van der Waals surface area contributed by atoms with Crippen molar-refractivity contribution in [2.24, 2.45) is 0 Å². The molecule has 1 aromatic carbocycles. The van der Waals surface area contributed by atoms with Crippen LogP contribution < -0.4 is 0 Å². The zero-order valence-electron chi connectivity index (χ0n) is 14.8. The molecule has 2 saturated heterocycles. The number of hydrogen-bond donors (Lipinski definition) is 0. The zero-order chi connectivity index (χ0) is 16.8. The van der Waals surface area contributed by atoms with Gasteiger partial charge in [0.1, 0.15) is 5.58 Å². The molecule has 4 nitrogen and oxygen atoms in total. The van der Waals surface area contributed by atoms with E-state index >= 15 is 0 Å². The van der Waals surface area contributed by atoms with Crippen molar-refractivity contribution in [2.75, 3.05) is 26.2 Å². The molecule has 25 heavy (non-hydrogen) atoms. The maximum Gasteiger partial charge on any atom is 0.227 e. The normalized spacial score (nSPS) is 23.7. The summed E-state index contributed by atoms with van der Waals surface area (Å²) in [6.07, 6.45) is 9.59. The van der Waals surface area contributed by atoms with Crippen LogP contribution in [0.15, 0.2) is 22.8 Å². The molecule has 3 aliphatic rings. The van der Waals surface area contributed by atoms with E-state index in [0.717, 1.165) is 48.9 Å². The van der Waals surface area contributed by atoms with Crippen LogP contribution in [0.3, 0.4) is 0 Å². The van der Waals surface area contributed by atoms with Gasteiger partial charge in [0, 0.05) is 30.1 Å². The van der Waals surface area contributed by atoms with Gasteiger partial charge in [0.25, 0.3) is 0 Å². The number of likely N-dealkylation sites (tertiary alicyclic amines) is 2. The first kappa shape index (κ1) is 15.4. The number of benzene rings is 1. The van der Waals surface area contributed by atoms with Crippen LogP contribution in [0.5, 0.6) is 0 Å². The monoisotopic (exact) mass is 338 g/mol. The minimum absolute atomic E-state index is 0.255. The molecule has 3 heterocycles. The molecule has 1 aliphatic carbocycles. The number of aryl methyl sites for hydroxylation is 2. The Balaban J connectivity index is 1.30. The third-order valence-corrected chi connectivity index (χ3v) is 6.38. The molecular weight excluding hydrogens is 312 g/mol. The number of carbonyl (C=O) groups excluding carboxylic acids is 1. The highest BCUT2D eigenvalue weighted by Gasteiger charge is 2.31. The second-order valence-electron chi connectivity index (χ2n) is 7.93. The fraction of sp³-hybridized carbons (Fsp3) is 0.571. The minimum Gasteiger partial charge on any atom is -0.464 e. The van der Waals surface area contributed by atoms with E-state index < -0.39 is 0 Å². The van der Waals surface area contributed by atoms with Gasteiger partial charge in [0.2, 0.25) is 5.91 Å². The molecule has 1 unspecified atom stereocenters. The summed E-state index contributed by atoms with van der Waals surface area (Å²) in [5, 5.41) is 1.14. The maximum absolute atomic E-state index is 12.8.